The maximum Gasteiger partial charge on any atom is 0.177 e. The molecule has 6 heteroatoms. The third-order valence-corrected chi connectivity index (χ3v) is 3.69. The summed E-state index contributed by atoms with van der Waals surface area (Å²) in [6, 6.07) is 5.39. The smallest absolute Gasteiger partial charge is 0.177 e. The minimum absolute atomic E-state index is 0.230. The van der Waals surface area contributed by atoms with Gasteiger partial charge in [0, 0.05) is 15.3 Å². The molecule has 0 aliphatic heterocycles. The highest BCUT2D eigenvalue weighted by atomic mass is 127. The van der Waals surface area contributed by atoms with E-state index in [1.807, 2.05) is 17.6 Å². The summed E-state index contributed by atoms with van der Waals surface area (Å²) in [5.41, 5.74) is 1.73. The van der Waals surface area contributed by atoms with E-state index in [2.05, 4.69) is 32.6 Å². The van der Waals surface area contributed by atoms with Crippen LogP contribution >= 0.6 is 22.6 Å². The van der Waals surface area contributed by atoms with E-state index in [0.29, 0.717) is 11.2 Å². The Morgan fingerprint density at radius 2 is 2.05 bits per heavy atom. The Morgan fingerprint density at radius 1 is 1.25 bits per heavy atom. The molecule has 0 aliphatic rings. The van der Waals surface area contributed by atoms with Crippen molar-refractivity contribution in [3.8, 4) is 0 Å². The Hall–Kier alpha value is -1.57. The van der Waals surface area contributed by atoms with Gasteiger partial charge >= 0.3 is 0 Å². The Morgan fingerprint density at radius 3 is 2.85 bits per heavy atom. The first-order valence-corrected chi connectivity index (χ1v) is 7.05. The predicted molar refractivity (Wildman–Crippen MR) is 80.4 cm³/mol. The van der Waals surface area contributed by atoms with Crippen molar-refractivity contribution in [1.82, 2.24) is 14.5 Å². The molecular formula is C14H10F2IN3. The molecule has 0 amide bonds. The number of benzene rings is 1. The lowest BCUT2D eigenvalue weighted by atomic mass is 10.2. The fourth-order valence-corrected chi connectivity index (χ4v) is 2.56. The number of aromatic nitrogens is 3. The van der Waals surface area contributed by atoms with Crippen molar-refractivity contribution in [2.75, 3.05) is 0 Å². The van der Waals surface area contributed by atoms with Gasteiger partial charge < -0.3 is 4.57 Å². The van der Waals surface area contributed by atoms with E-state index in [4.69, 9.17) is 0 Å². The summed E-state index contributed by atoms with van der Waals surface area (Å²) in [4.78, 5) is 8.57. The van der Waals surface area contributed by atoms with Crippen molar-refractivity contribution in [3.63, 3.8) is 0 Å². The largest absolute Gasteiger partial charge is 0.322 e. The second kappa shape index (κ2) is 5.08. The van der Waals surface area contributed by atoms with Gasteiger partial charge in [-0.1, -0.05) is 0 Å². The van der Waals surface area contributed by atoms with Gasteiger partial charge in [0.1, 0.15) is 17.5 Å². The molecule has 1 aromatic carbocycles. The average molecular weight is 385 g/mol. The van der Waals surface area contributed by atoms with Crippen LogP contribution in [0.4, 0.5) is 8.78 Å². The summed E-state index contributed by atoms with van der Waals surface area (Å²) < 4.78 is 29.8. The highest BCUT2D eigenvalue weighted by Crippen LogP contribution is 2.19. The van der Waals surface area contributed by atoms with E-state index in [0.717, 1.165) is 27.0 Å². The number of fused-ring (bicyclic) bond motifs is 1. The summed E-state index contributed by atoms with van der Waals surface area (Å²) >= 11 is 2.16. The van der Waals surface area contributed by atoms with Gasteiger partial charge in [-0.15, -0.1) is 0 Å². The molecule has 0 unspecified atom stereocenters. The number of aryl methyl sites for hydroxylation is 1. The lowest BCUT2D eigenvalue weighted by Crippen LogP contribution is -2.04. The number of imidazole rings is 1. The Balaban J connectivity index is 2.12. The first-order chi connectivity index (χ1) is 9.54. The van der Waals surface area contributed by atoms with Crippen molar-refractivity contribution in [1.29, 1.82) is 0 Å². The maximum absolute atomic E-state index is 13.8. The third-order valence-electron chi connectivity index (χ3n) is 3.10. The van der Waals surface area contributed by atoms with E-state index < -0.39 is 11.6 Å². The first kappa shape index (κ1) is 13.4. The van der Waals surface area contributed by atoms with E-state index in [-0.39, 0.29) is 6.54 Å². The normalized spacial score (nSPS) is 11.2. The summed E-state index contributed by atoms with van der Waals surface area (Å²) in [6.07, 6.45) is 1.72. The average Bonchev–Trinajstić information content (AvgIpc) is 2.70. The molecule has 0 saturated heterocycles. The van der Waals surface area contributed by atoms with Crippen molar-refractivity contribution in [2.45, 2.75) is 13.5 Å². The standard InChI is InChI=1S/C14H10F2IN3/c1-8-19-14-13(5-11(17)6-18-14)20(8)7-9-4-10(15)2-3-12(9)16/h2-6H,7H2,1H3. The molecule has 3 rings (SSSR count). The highest BCUT2D eigenvalue weighted by Gasteiger charge is 2.12. The minimum Gasteiger partial charge on any atom is -0.322 e. The van der Waals surface area contributed by atoms with Gasteiger partial charge in [-0.05, 0) is 53.8 Å². The quantitative estimate of drug-likeness (QED) is 0.631. The van der Waals surface area contributed by atoms with Crippen LogP contribution in [0.5, 0.6) is 0 Å². The van der Waals surface area contributed by atoms with Gasteiger partial charge in [0.15, 0.2) is 5.65 Å². The number of nitrogens with zero attached hydrogens (tertiary/aromatic N) is 3. The van der Waals surface area contributed by atoms with Crippen LogP contribution in [-0.4, -0.2) is 14.5 Å². The van der Waals surface area contributed by atoms with Crippen LogP contribution in [0.15, 0.2) is 30.5 Å². The molecule has 0 aliphatic carbocycles. The summed E-state index contributed by atoms with van der Waals surface area (Å²) in [5.74, 6) is -0.152. The number of pyridine rings is 1. The Bertz CT molecular complexity index is 798. The lowest BCUT2D eigenvalue weighted by Gasteiger charge is -2.08. The van der Waals surface area contributed by atoms with E-state index in [9.17, 15) is 8.78 Å². The zero-order valence-corrected chi connectivity index (χ0v) is 12.7. The summed E-state index contributed by atoms with van der Waals surface area (Å²) in [5, 5.41) is 0. The second-order valence-corrected chi connectivity index (χ2v) is 5.72. The van der Waals surface area contributed by atoms with Gasteiger partial charge in [-0.2, -0.15) is 0 Å². The van der Waals surface area contributed by atoms with E-state index in [1.165, 1.54) is 6.07 Å². The molecule has 0 saturated carbocycles. The third kappa shape index (κ3) is 2.39. The Kier molecular flexibility index (Phi) is 3.41. The van der Waals surface area contributed by atoms with Crippen LogP contribution in [0.2, 0.25) is 0 Å². The topological polar surface area (TPSA) is 30.7 Å². The van der Waals surface area contributed by atoms with Gasteiger partial charge in [0.05, 0.1) is 12.1 Å². The van der Waals surface area contributed by atoms with Gasteiger partial charge in [0.2, 0.25) is 0 Å². The summed E-state index contributed by atoms with van der Waals surface area (Å²) in [7, 11) is 0. The zero-order chi connectivity index (χ0) is 14.3. The predicted octanol–water partition coefficient (Wildman–Crippen LogP) is 3.67. The molecule has 0 radical (unpaired) electrons. The fourth-order valence-electron chi connectivity index (χ4n) is 2.13. The van der Waals surface area contributed by atoms with Crippen LogP contribution in [0, 0.1) is 22.1 Å². The molecule has 0 spiro atoms. The monoisotopic (exact) mass is 385 g/mol. The summed E-state index contributed by atoms with van der Waals surface area (Å²) in [6.45, 7) is 2.06. The second-order valence-electron chi connectivity index (χ2n) is 4.48. The molecule has 102 valence electrons. The van der Waals surface area contributed by atoms with Crippen molar-refractivity contribution in [2.24, 2.45) is 0 Å². The molecule has 2 heterocycles. The highest BCUT2D eigenvalue weighted by molar-refractivity contribution is 14.1. The molecule has 0 atom stereocenters. The van der Waals surface area contributed by atoms with Crippen LogP contribution in [0.25, 0.3) is 11.2 Å². The number of halogens is 3. The van der Waals surface area contributed by atoms with Gasteiger partial charge in [-0.3, -0.25) is 0 Å². The number of hydrogen-bond donors (Lipinski definition) is 0. The Labute approximate surface area is 127 Å². The molecule has 3 nitrogen and oxygen atoms in total. The van der Waals surface area contributed by atoms with E-state index >= 15 is 0 Å². The molecule has 0 bridgehead atoms. The minimum atomic E-state index is -0.448. The first-order valence-electron chi connectivity index (χ1n) is 5.97. The maximum atomic E-state index is 13.8. The van der Waals surface area contributed by atoms with Gasteiger partial charge in [0.25, 0.3) is 0 Å². The zero-order valence-electron chi connectivity index (χ0n) is 10.6. The van der Waals surface area contributed by atoms with Crippen LogP contribution < -0.4 is 0 Å². The van der Waals surface area contributed by atoms with Crippen LogP contribution in [0.1, 0.15) is 11.4 Å². The molecule has 0 N–H and O–H groups in total. The van der Waals surface area contributed by atoms with Crippen molar-refractivity contribution >= 4 is 33.8 Å². The lowest BCUT2D eigenvalue weighted by molar-refractivity contribution is 0.577. The number of hydrogen-bond acceptors (Lipinski definition) is 2. The van der Waals surface area contributed by atoms with Crippen LogP contribution in [-0.2, 0) is 6.54 Å². The molecule has 2 aromatic heterocycles. The van der Waals surface area contributed by atoms with Gasteiger partial charge in [-0.25, -0.2) is 18.7 Å². The van der Waals surface area contributed by atoms with Crippen molar-refractivity contribution in [3.05, 3.63) is 57.1 Å². The molecule has 20 heavy (non-hydrogen) atoms. The van der Waals surface area contributed by atoms with Crippen LogP contribution in [0.3, 0.4) is 0 Å². The molecule has 3 aromatic rings. The van der Waals surface area contributed by atoms with Crippen molar-refractivity contribution < 1.29 is 8.78 Å². The molecular weight excluding hydrogens is 375 g/mol. The van der Waals surface area contributed by atoms with E-state index in [1.54, 1.807) is 6.20 Å². The fraction of sp³-hybridized carbons (Fsp3) is 0.143. The molecule has 0 fully saturated rings. The number of rotatable bonds is 2. The SMILES string of the molecule is Cc1nc2ncc(I)cc2n1Cc1cc(F)ccc1F.